The molecular weight excluding hydrogens is 282 g/mol. The largest absolute Gasteiger partial charge is 0.399 e. The van der Waals surface area contributed by atoms with Gasteiger partial charge in [-0.25, -0.2) is 0 Å². The highest BCUT2D eigenvalue weighted by molar-refractivity contribution is 7.99. The summed E-state index contributed by atoms with van der Waals surface area (Å²) in [5.41, 5.74) is 14.8. The van der Waals surface area contributed by atoms with Crippen molar-refractivity contribution in [2.45, 2.75) is 11.4 Å². The van der Waals surface area contributed by atoms with Crippen LogP contribution in [0.25, 0.3) is 0 Å². The van der Waals surface area contributed by atoms with Gasteiger partial charge in [0.05, 0.1) is 5.69 Å². The first kappa shape index (κ1) is 13.8. The Kier molecular flexibility index (Phi) is 3.75. The average Bonchev–Trinajstić information content (AvgIpc) is 2.48. The molecule has 0 aliphatic carbocycles. The van der Waals surface area contributed by atoms with Crippen LogP contribution >= 0.6 is 11.8 Å². The number of thioether (sulfide) groups is 1. The molecule has 0 aromatic heterocycles. The van der Waals surface area contributed by atoms with Crippen LogP contribution in [0.3, 0.4) is 0 Å². The van der Waals surface area contributed by atoms with Crippen molar-refractivity contribution in [1.82, 2.24) is 0 Å². The zero-order chi connectivity index (χ0) is 14.8. The van der Waals surface area contributed by atoms with Crippen LogP contribution in [0.15, 0.2) is 47.4 Å². The van der Waals surface area contributed by atoms with E-state index in [0.717, 1.165) is 35.8 Å². The highest BCUT2D eigenvalue weighted by atomic mass is 32.2. The first-order chi connectivity index (χ1) is 10.1. The standard InChI is InChI=1S/C16H17N3OS/c17-13-4-5-15-14(9-13)19(6-7-21-15)10-11-2-1-3-12(8-11)16(18)20/h1-5,8-9H,6-7,10,17H2,(H2,18,20). The van der Waals surface area contributed by atoms with Gasteiger partial charge in [-0.2, -0.15) is 0 Å². The van der Waals surface area contributed by atoms with E-state index in [1.165, 1.54) is 4.90 Å². The fraction of sp³-hybridized carbons (Fsp3) is 0.188. The molecule has 108 valence electrons. The lowest BCUT2D eigenvalue weighted by atomic mass is 10.1. The summed E-state index contributed by atoms with van der Waals surface area (Å²) in [6.07, 6.45) is 0. The van der Waals surface area contributed by atoms with Gasteiger partial charge in [-0.05, 0) is 35.9 Å². The molecule has 0 saturated heterocycles. The third-order valence-electron chi connectivity index (χ3n) is 3.53. The van der Waals surface area contributed by atoms with Crippen molar-refractivity contribution in [2.24, 2.45) is 5.73 Å². The molecule has 2 aromatic carbocycles. The minimum Gasteiger partial charge on any atom is -0.399 e. The number of fused-ring (bicyclic) bond motifs is 1. The number of carbonyl (C=O) groups excluding carboxylic acids is 1. The maximum Gasteiger partial charge on any atom is 0.248 e. The van der Waals surface area contributed by atoms with Crippen molar-refractivity contribution in [3.8, 4) is 0 Å². The number of nitrogens with zero attached hydrogens (tertiary/aromatic N) is 1. The number of anilines is 2. The molecule has 0 unspecified atom stereocenters. The molecule has 0 atom stereocenters. The van der Waals surface area contributed by atoms with Crippen molar-refractivity contribution < 1.29 is 4.79 Å². The quantitative estimate of drug-likeness (QED) is 0.854. The highest BCUT2D eigenvalue weighted by Crippen LogP contribution is 2.36. The molecule has 1 aliphatic rings. The molecule has 3 rings (SSSR count). The van der Waals surface area contributed by atoms with Gasteiger partial charge in [-0.15, -0.1) is 11.8 Å². The van der Waals surface area contributed by atoms with Crippen molar-refractivity contribution in [2.75, 3.05) is 22.9 Å². The summed E-state index contributed by atoms with van der Waals surface area (Å²) in [6.45, 7) is 1.71. The van der Waals surface area contributed by atoms with Crippen LogP contribution in [0.2, 0.25) is 0 Å². The number of hydrogen-bond acceptors (Lipinski definition) is 4. The number of rotatable bonds is 3. The van der Waals surface area contributed by atoms with Gasteiger partial charge in [0.2, 0.25) is 5.91 Å². The molecule has 21 heavy (non-hydrogen) atoms. The number of carbonyl (C=O) groups is 1. The molecule has 1 aliphatic heterocycles. The topological polar surface area (TPSA) is 72.4 Å². The van der Waals surface area contributed by atoms with Crippen LogP contribution in [0, 0.1) is 0 Å². The minimum absolute atomic E-state index is 0.393. The van der Waals surface area contributed by atoms with E-state index >= 15 is 0 Å². The smallest absolute Gasteiger partial charge is 0.248 e. The lowest BCUT2D eigenvalue weighted by molar-refractivity contribution is 0.1000. The van der Waals surface area contributed by atoms with Crippen LogP contribution in [-0.4, -0.2) is 18.2 Å². The first-order valence-corrected chi connectivity index (χ1v) is 7.78. The molecule has 0 radical (unpaired) electrons. The van der Waals surface area contributed by atoms with E-state index in [2.05, 4.69) is 11.0 Å². The number of primary amides is 1. The fourth-order valence-corrected chi connectivity index (χ4v) is 3.53. The molecule has 1 heterocycles. The second-order valence-electron chi connectivity index (χ2n) is 5.06. The number of nitrogens with two attached hydrogens (primary N) is 2. The third kappa shape index (κ3) is 2.97. The minimum atomic E-state index is -0.393. The number of nitrogen functional groups attached to an aromatic ring is 1. The maximum atomic E-state index is 11.3. The zero-order valence-corrected chi connectivity index (χ0v) is 12.4. The van der Waals surface area contributed by atoms with Gasteiger partial charge < -0.3 is 16.4 Å². The Morgan fingerprint density at radius 3 is 2.90 bits per heavy atom. The molecular formula is C16H17N3OS. The molecule has 4 N–H and O–H groups in total. The maximum absolute atomic E-state index is 11.3. The SMILES string of the molecule is NC(=O)c1cccc(CN2CCSc3ccc(N)cc32)c1. The van der Waals surface area contributed by atoms with E-state index in [-0.39, 0.29) is 0 Å². The van der Waals surface area contributed by atoms with Crippen LogP contribution in [-0.2, 0) is 6.54 Å². The summed E-state index contributed by atoms with van der Waals surface area (Å²) in [5, 5.41) is 0. The van der Waals surface area contributed by atoms with E-state index < -0.39 is 5.91 Å². The zero-order valence-electron chi connectivity index (χ0n) is 11.6. The summed E-state index contributed by atoms with van der Waals surface area (Å²) in [5.74, 6) is 0.655. The summed E-state index contributed by atoms with van der Waals surface area (Å²) >= 11 is 1.85. The second-order valence-corrected chi connectivity index (χ2v) is 6.20. The van der Waals surface area contributed by atoms with Gasteiger partial charge in [0.1, 0.15) is 0 Å². The van der Waals surface area contributed by atoms with Crippen molar-refractivity contribution in [3.63, 3.8) is 0 Å². The fourth-order valence-electron chi connectivity index (χ4n) is 2.50. The summed E-state index contributed by atoms with van der Waals surface area (Å²) < 4.78 is 0. The Balaban J connectivity index is 1.88. The Morgan fingerprint density at radius 2 is 2.10 bits per heavy atom. The predicted molar refractivity (Wildman–Crippen MR) is 87.6 cm³/mol. The van der Waals surface area contributed by atoms with Crippen LogP contribution < -0.4 is 16.4 Å². The van der Waals surface area contributed by atoms with Crippen molar-refractivity contribution in [1.29, 1.82) is 0 Å². The Labute approximate surface area is 128 Å². The van der Waals surface area contributed by atoms with Crippen molar-refractivity contribution >= 4 is 29.0 Å². The third-order valence-corrected chi connectivity index (χ3v) is 4.57. The van der Waals surface area contributed by atoms with E-state index in [4.69, 9.17) is 11.5 Å². The number of amides is 1. The molecule has 0 spiro atoms. The summed E-state index contributed by atoms with van der Waals surface area (Å²) in [7, 11) is 0. The average molecular weight is 299 g/mol. The molecule has 5 heteroatoms. The van der Waals surface area contributed by atoms with Crippen LogP contribution in [0.4, 0.5) is 11.4 Å². The Morgan fingerprint density at radius 1 is 1.24 bits per heavy atom. The second kappa shape index (κ2) is 5.69. The predicted octanol–water partition coefficient (Wildman–Crippen LogP) is 2.48. The Bertz CT molecular complexity index is 687. The monoisotopic (exact) mass is 299 g/mol. The normalized spacial score (nSPS) is 13.8. The number of benzene rings is 2. The lowest BCUT2D eigenvalue weighted by Crippen LogP contribution is -2.28. The molecule has 0 bridgehead atoms. The highest BCUT2D eigenvalue weighted by Gasteiger charge is 2.18. The van der Waals surface area contributed by atoms with Gasteiger partial charge >= 0.3 is 0 Å². The first-order valence-electron chi connectivity index (χ1n) is 6.79. The Hall–Kier alpha value is -2.14. The molecule has 4 nitrogen and oxygen atoms in total. The lowest BCUT2D eigenvalue weighted by Gasteiger charge is -2.31. The number of hydrogen-bond donors (Lipinski definition) is 2. The molecule has 0 saturated carbocycles. The summed E-state index contributed by atoms with van der Waals surface area (Å²) in [6, 6.07) is 13.5. The van der Waals surface area contributed by atoms with Gasteiger partial charge in [-0.1, -0.05) is 12.1 Å². The van der Waals surface area contributed by atoms with Gasteiger partial charge in [0, 0.05) is 35.0 Å². The van der Waals surface area contributed by atoms with Crippen LogP contribution in [0.5, 0.6) is 0 Å². The molecule has 0 fully saturated rings. The molecule has 1 amide bonds. The van der Waals surface area contributed by atoms with Gasteiger partial charge in [-0.3, -0.25) is 4.79 Å². The van der Waals surface area contributed by atoms with Crippen molar-refractivity contribution in [3.05, 3.63) is 53.6 Å². The summed E-state index contributed by atoms with van der Waals surface area (Å²) in [4.78, 5) is 14.8. The van der Waals surface area contributed by atoms with E-state index in [1.54, 1.807) is 6.07 Å². The van der Waals surface area contributed by atoms with E-state index in [0.29, 0.717) is 5.56 Å². The van der Waals surface area contributed by atoms with E-state index in [9.17, 15) is 4.79 Å². The van der Waals surface area contributed by atoms with Gasteiger partial charge in [0.15, 0.2) is 0 Å². The molecule has 2 aromatic rings. The van der Waals surface area contributed by atoms with Gasteiger partial charge in [0.25, 0.3) is 0 Å². The van der Waals surface area contributed by atoms with Crippen LogP contribution in [0.1, 0.15) is 15.9 Å². The van der Waals surface area contributed by atoms with E-state index in [1.807, 2.05) is 42.1 Å².